The largest absolute Gasteiger partial charge is 0.370 e. The Kier molecular flexibility index (Phi) is 5.76. The summed E-state index contributed by atoms with van der Waals surface area (Å²) in [5.41, 5.74) is 0.267. The second-order valence-corrected chi connectivity index (χ2v) is 9.00. The lowest BCUT2D eigenvalue weighted by molar-refractivity contribution is -0.135. The van der Waals surface area contributed by atoms with E-state index in [2.05, 4.69) is 39.9 Å². The second kappa shape index (κ2) is 7.00. The van der Waals surface area contributed by atoms with Crippen molar-refractivity contribution in [2.45, 2.75) is 103 Å². The van der Waals surface area contributed by atoms with Crippen LogP contribution in [0.5, 0.6) is 0 Å². The SMILES string of the molecule is CC1CCCC(OC2(CNC(C)(C)C)CCCC(C)C2)C1. The van der Waals surface area contributed by atoms with Crippen LogP contribution in [0.3, 0.4) is 0 Å². The van der Waals surface area contributed by atoms with E-state index in [-0.39, 0.29) is 11.1 Å². The molecular formula is C19H37NO. The molecule has 2 aliphatic rings. The molecule has 0 radical (unpaired) electrons. The summed E-state index contributed by atoms with van der Waals surface area (Å²) in [4.78, 5) is 0. The van der Waals surface area contributed by atoms with Crippen LogP contribution in [-0.2, 0) is 4.74 Å². The molecule has 0 bridgehead atoms. The van der Waals surface area contributed by atoms with Crippen molar-refractivity contribution in [1.82, 2.24) is 5.32 Å². The van der Waals surface area contributed by atoms with E-state index < -0.39 is 0 Å². The minimum Gasteiger partial charge on any atom is -0.370 e. The van der Waals surface area contributed by atoms with Crippen LogP contribution in [0.15, 0.2) is 0 Å². The number of hydrogen-bond donors (Lipinski definition) is 1. The van der Waals surface area contributed by atoms with Crippen molar-refractivity contribution in [3.63, 3.8) is 0 Å². The van der Waals surface area contributed by atoms with Crippen LogP contribution in [0.4, 0.5) is 0 Å². The molecule has 0 aromatic heterocycles. The van der Waals surface area contributed by atoms with Crippen LogP contribution in [-0.4, -0.2) is 23.8 Å². The molecule has 4 atom stereocenters. The van der Waals surface area contributed by atoms with Crippen molar-refractivity contribution >= 4 is 0 Å². The lowest BCUT2D eigenvalue weighted by Crippen LogP contribution is -2.53. The minimum atomic E-state index is 0.0900. The topological polar surface area (TPSA) is 21.3 Å². The first-order valence-corrected chi connectivity index (χ1v) is 9.21. The van der Waals surface area contributed by atoms with Crippen molar-refractivity contribution in [1.29, 1.82) is 0 Å². The number of nitrogens with one attached hydrogen (secondary N) is 1. The smallest absolute Gasteiger partial charge is 0.0812 e. The average molecular weight is 296 g/mol. The van der Waals surface area contributed by atoms with Gasteiger partial charge in [-0.3, -0.25) is 0 Å². The highest BCUT2D eigenvalue weighted by atomic mass is 16.5. The molecule has 0 heterocycles. The Hall–Kier alpha value is -0.0800. The van der Waals surface area contributed by atoms with Gasteiger partial charge in [-0.05, 0) is 58.3 Å². The zero-order valence-corrected chi connectivity index (χ0v) is 15.0. The van der Waals surface area contributed by atoms with Gasteiger partial charge in [0.15, 0.2) is 0 Å². The van der Waals surface area contributed by atoms with Gasteiger partial charge in [-0.15, -0.1) is 0 Å². The molecule has 21 heavy (non-hydrogen) atoms. The summed E-state index contributed by atoms with van der Waals surface area (Å²) in [6, 6.07) is 0. The molecule has 0 aliphatic heterocycles. The Balaban J connectivity index is 2.00. The Morgan fingerprint density at radius 1 is 1.05 bits per heavy atom. The molecule has 4 unspecified atom stereocenters. The van der Waals surface area contributed by atoms with Crippen molar-refractivity contribution in [2.75, 3.05) is 6.54 Å². The third-order valence-electron chi connectivity index (χ3n) is 5.30. The highest BCUT2D eigenvalue weighted by Gasteiger charge is 2.39. The van der Waals surface area contributed by atoms with Gasteiger partial charge in [-0.25, -0.2) is 0 Å². The fourth-order valence-electron chi connectivity index (χ4n) is 4.19. The number of rotatable bonds is 4. The molecule has 2 rings (SSSR count). The van der Waals surface area contributed by atoms with Crippen molar-refractivity contribution in [3.05, 3.63) is 0 Å². The highest BCUT2D eigenvalue weighted by Crippen LogP contribution is 2.38. The molecule has 124 valence electrons. The maximum Gasteiger partial charge on any atom is 0.0812 e. The molecular weight excluding hydrogens is 258 g/mol. The van der Waals surface area contributed by atoms with Gasteiger partial charge in [0.25, 0.3) is 0 Å². The van der Waals surface area contributed by atoms with E-state index in [0.29, 0.717) is 6.10 Å². The van der Waals surface area contributed by atoms with Gasteiger partial charge in [0.1, 0.15) is 0 Å². The Bertz CT molecular complexity index is 322. The molecule has 2 aliphatic carbocycles. The summed E-state index contributed by atoms with van der Waals surface area (Å²) in [5, 5.41) is 3.73. The van der Waals surface area contributed by atoms with Crippen LogP contribution in [0.2, 0.25) is 0 Å². The standard InChI is InChI=1S/C19H37NO/c1-15-8-6-10-17(12-15)21-19(14-20-18(3,4)5)11-7-9-16(2)13-19/h15-17,20H,6-14H2,1-5H3. The molecule has 0 aromatic carbocycles. The molecule has 0 aromatic rings. The van der Waals surface area contributed by atoms with E-state index in [0.717, 1.165) is 18.4 Å². The van der Waals surface area contributed by atoms with Crippen molar-refractivity contribution in [2.24, 2.45) is 11.8 Å². The Morgan fingerprint density at radius 3 is 2.38 bits per heavy atom. The second-order valence-electron chi connectivity index (χ2n) is 9.00. The third-order valence-corrected chi connectivity index (χ3v) is 5.30. The summed E-state index contributed by atoms with van der Waals surface area (Å²) in [7, 11) is 0. The maximum absolute atomic E-state index is 6.79. The molecule has 0 amide bonds. The van der Waals surface area contributed by atoms with Gasteiger partial charge in [0.05, 0.1) is 11.7 Å². The molecule has 0 saturated heterocycles. The van der Waals surface area contributed by atoms with Crippen molar-refractivity contribution in [3.8, 4) is 0 Å². The van der Waals surface area contributed by atoms with Crippen molar-refractivity contribution < 1.29 is 4.74 Å². The molecule has 2 nitrogen and oxygen atoms in total. The van der Waals surface area contributed by atoms with Crippen LogP contribution < -0.4 is 5.32 Å². The summed E-state index contributed by atoms with van der Waals surface area (Å²) >= 11 is 0. The molecule has 0 spiro atoms. The van der Waals surface area contributed by atoms with E-state index >= 15 is 0 Å². The molecule has 2 heteroatoms. The van der Waals surface area contributed by atoms with E-state index in [4.69, 9.17) is 4.74 Å². The molecule has 1 N–H and O–H groups in total. The monoisotopic (exact) mass is 295 g/mol. The van der Waals surface area contributed by atoms with E-state index in [1.165, 1.54) is 51.4 Å². The van der Waals surface area contributed by atoms with Gasteiger partial charge in [0, 0.05) is 12.1 Å². The maximum atomic E-state index is 6.79. The first-order chi connectivity index (χ1) is 9.78. The van der Waals surface area contributed by atoms with Gasteiger partial charge in [0.2, 0.25) is 0 Å². The molecule has 2 saturated carbocycles. The van der Waals surface area contributed by atoms with E-state index in [9.17, 15) is 0 Å². The van der Waals surface area contributed by atoms with E-state index in [1.54, 1.807) is 0 Å². The van der Waals surface area contributed by atoms with Gasteiger partial charge >= 0.3 is 0 Å². The van der Waals surface area contributed by atoms with Crippen LogP contribution in [0.1, 0.15) is 86.0 Å². The van der Waals surface area contributed by atoms with Crippen LogP contribution >= 0.6 is 0 Å². The lowest BCUT2D eigenvalue weighted by atomic mass is 9.77. The Morgan fingerprint density at radius 2 is 1.76 bits per heavy atom. The zero-order chi connectivity index (χ0) is 15.5. The summed E-state index contributed by atoms with van der Waals surface area (Å²) in [6.07, 6.45) is 11.0. The fourth-order valence-corrected chi connectivity index (χ4v) is 4.19. The summed E-state index contributed by atoms with van der Waals surface area (Å²) in [6.45, 7) is 12.6. The minimum absolute atomic E-state index is 0.0900. The number of hydrogen-bond acceptors (Lipinski definition) is 2. The predicted octanol–water partition coefficient (Wildman–Crippen LogP) is 4.92. The highest BCUT2D eigenvalue weighted by molar-refractivity contribution is 4.92. The first kappa shape index (κ1) is 17.3. The Labute approximate surface area is 132 Å². The van der Waals surface area contributed by atoms with E-state index in [1.807, 2.05) is 0 Å². The summed E-state index contributed by atoms with van der Waals surface area (Å²) in [5.74, 6) is 1.65. The molecule has 2 fully saturated rings. The fraction of sp³-hybridized carbons (Fsp3) is 1.00. The number of ether oxygens (including phenoxy) is 1. The lowest BCUT2D eigenvalue weighted by Gasteiger charge is -2.45. The van der Waals surface area contributed by atoms with Crippen LogP contribution in [0.25, 0.3) is 0 Å². The average Bonchev–Trinajstić information content (AvgIpc) is 2.36. The third kappa shape index (κ3) is 5.56. The first-order valence-electron chi connectivity index (χ1n) is 9.21. The quantitative estimate of drug-likeness (QED) is 0.795. The van der Waals surface area contributed by atoms with Crippen LogP contribution in [0, 0.1) is 11.8 Å². The normalized spacial score (nSPS) is 38.4. The predicted molar refractivity (Wildman–Crippen MR) is 90.6 cm³/mol. The zero-order valence-electron chi connectivity index (χ0n) is 15.0. The van der Waals surface area contributed by atoms with Gasteiger partial charge < -0.3 is 10.1 Å². The summed E-state index contributed by atoms with van der Waals surface area (Å²) < 4.78 is 6.79. The van der Waals surface area contributed by atoms with Gasteiger partial charge in [-0.1, -0.05) is 39.5 Å². The van der Waals surface area contributed by atoms with Gasteiger partial charge in [-0.2, -0.15) is 0 Å².